The Balaban J connectivity index is 1.56. The van der Waals surface area contributed by atoms with Crippen LogP contribution < -0.4 is 10.1 Å². The molecule has 6 nitrogen and oxygen atoms in total. The molecule has 0 atom stereocenters. The van der Waals surface area contributed by atoms with Gasteiger partial charge in [0.1, 0.15) is 27.8 Å². The number of rotatable bonds is 6. The van der Waals surface area contributed by atoms with Crippen molar-refractivity contribution in [3.05, 3.63) is 59.4 Å². The first-order valence-corrected chi connectivity index (χ1v) is 10.8. The van der Waals surface area contributed by atoms with Crippen LogP contribution in [0.4, 0.5) is 10.1 Å². The Morgan fingerprint density at radius 2 is 1.93 bits per heavy atom. The van der Waals surface area contributed by atoms with Gasteiger partial charge in [0, 0.05) is 5.56 Å². The first-order valence-electron chi connectivity index (χ1n) is 9.00. The standard InChI is InChI=1S/C21H17FN4O2S2/c1-12-23-19-20(30-12)18(13-7-9-14(28-2)10-8-13)25-26-21(19)29-11-17(27)24-16-6-4-3-5-15(16)22/h3-10H,11H2,1-2H3,(H,24,27). The maximum atomic E-state index is 13.7. The Morgan fingerprint density at radius 1 is 1.17 bits per heavy atom. The fourth-order valence-corrected chi connectivity index (χ4v) is 4.55. The summed E-state index contributed by atoms with van der Waals surface area (Å²) in [5.74, 6) is 0.0241. The summed E-state index contributed by atoms with van der Waals surface area (Å²) in [6.45, 7) is 1.92. The van der Waals surface area contributed by atoms with Crippen molar-refractivity contribution in [2.75, 3.05) is 18.2 Å². The molecule has 2 aromatic heterocycles. The number of nitrogens with zero attached hydrogens (tertiary/aromatic N) is 3. The number of fused-ring (bicyclic) bond motifs is 1. The monoisotopic (exact) mass is 440 g/mol. The second-order valence-electron chi connectivity index (χ2n) is 6.31. The summed E-state index contributed by atoms with van der Waals surface area (Å²) in [6.07, 6.45) is 0. The minimum Gasteiger partial charge on any atom is -0.497 e. The smallest absolute Gasteiger partial charge is 0.234 e. The van der Waals surface area contributed by atoms with Gasteiger partial charge in [-0.05, 0) is 43.3 Å². The molecule has 0 aliphatic heterocycles. The molecule has 0 fully saturated rings. The molecule has 2 heterocycles. The zero-order valence-electron chi connectivity index (χ0n) is 16.2. The Kier molecular flexibility index (Phi) is 5.91. The van der Waals surface area contributed by atoms with Gasteiger partial charge in [0.05, 0.1) is 28.3 Å². The van der Waals surface area contributed by atoms with E-state index < -0.39 is 5.82 Å². The average Bonchev–Trinajstić information content (AvgIpc) is 3.15. The molecule has 0 bridgehead atoms. The molecule has 4 aromatic rings. The molecule has 152 valence electrons. The second kappa shape index (κ2) is 8.76. The van der Waals surface area contributed by atoms with E-state index in [1.807, 2.05) is 31.2 Å². The Hall–Kier alpha value is -3.04. The van der Waals surface area contributed by atoms with E-state index >= 15 is 0 Å². The van der Waals surface area contributed by atoms with Crippen molar-refractivity contribution in [2.45, 2.75) is 11.9 Å². The van der Waals surface area contributed by atoms with Crippen molar-refractivity contribution in [2.24, 2.45) is 0 Å². The molecule has 4 rings (SSSR count). The number of nitrogens with one attached hydrogen (secondary N) is 1. The molecule has 0 saturated carbocycles. The van der Waals surface area contributed by atoms with Crippen LogP contribution in [0.2, 0.25) is 0 Å². The Labute approximate surface area is 180 Å². The summed E-state index contributed by atoms with van der Waals surface area (Å²) in [5, 5.41) is 12.7. The summed E-state index contributed by atoms with van der Waals surface area (Å²) >= 11 is 2.75. The molecule has 0 unspecified atom stereocenters. The number of thiazole rings is 1. The third kappa shape index (κ3) is 4.27. The molecule has 0 aliphatic carbocycles. The van der Waals surface area contributed by atoms with E-state index in [2.05, 4.69) is 20.5 Å². The van der Waals surface area contributed by atoms with E-state index in [0.29, 0.717) is 10.5 Å². The normalized spacial score (nSPS) is 10.9. The fourth-order valence-electron chi connectivity index (χ4n) is 2.84. The number of ether oxygens (including phenoxy) is 1. The van der Waals surface area contributed by atoms with Gasteiger partial charge in [0.15, 0.2) is 0 Å². The lowest BCUT2D eigenvalue weighted by atomic mass is 10.1. The highest BCUT2D eigenvalue weighted by Crippen LogP contribution is 2.35. The number of halogens is 1. The highest BCUT2D eigenvalue weighted by molar-refractivity contribution is 8.00. The zero-order chi connectivity index (χ0) is 21.1. The van der Waals surface area contributed by atoms with E-state index in [0.717, 1.165) is 26.7 Å². The summed E-state index contributed by atoms with van der Waals surface area (Å²) in [6, 6.07) is 13.6. The average molecular weight is 441 g/mol. The van der Waals surface area contributed by atoms with Gasteiger partial charge in [0.2, 0.25) is 5.91 Å². The molecular formula is C21H17FN4O2S2. The Bertz CT molecular complexity index is 1210. The number of anilines is 1. The molecule has 0 saturated heterocycles. The number of aromatic nitrogens is 3. The third-order valence-electron chi connectivity index (χ3n) is 4.24. The Morgan fingerprint density at radius 3 is 2.67 bits per heavy atom. The molecule has 2 aromatic carbocycles. The lowest BCUT2D eigenvalue weighted by Gasteiger charge is -2.07. The van der Waals surface area contributed by atoms with Crippen LogP contribution in [-0.2, 0) is 4.79 Å². The first kappa shape index (κ1) is 20.2. The van der Waals surface area contributed by atoms with Gasteiger partial charge in [0.25, 0.3) is 0 Å². The topological polar surface area (TPSA) is 77.0 Å². The number of hydrogen-bond acceptors (Lipinski definition) is 7. The predicted molar refractivity (Wildman–Crippen MR) is 118 cm³/mol. The van der Waals surface area contributed by atoms with Crippen molar-refractivity contribution in [1.29, 1.82) is 0 Å². The van der Waals surface area contributed by atoms with Gasteiger partial charge >= 0.3 is 0 Å². The number of thioether (sulfide) groups is 1. The van der Waals surface area contributed by atoms with Crippen molar-refractivity contribution in [3.8, 4) is 17.0 Å². The molecule has 9 heteroatoms. The van der Waals surface area contributed by atoms with E-state index in [4.69, 9.17) is 4.74 Å². The molecule has 0 spiro atoms. The molecule has 1 N–H and O–H groups in total. The second-order valence-corrected chi connectivity index (χ2v) is 8.48. The quantitative estimate of drug-likeness (QED) is 0.428. The van der Waals surface area contributed by atoms with Crippen LogP contribution in [0.25, 0.3) is 21.5 Å². The van der Waals surface area contributed by atoms with Crippen molar-refractivity contribution < 1.29 is 13.9 Å². The number of benzene rings is 2. The van der Waals surface area contributed by atoms with Crippen molar-refractivity contribution in [3.63, 3.8) is 0 Å². The summed E-state index contributed by atoms with van der Waals surface area (Å²) in [5.41, 5.74) is 2.50. The van der Waals surface area contributed by atoms with Gasteiger partial charge < -0.3 is 10.1 Å². The minimum atomic E-state index is -0.475. The van der Waals surface area contributed by atoms with Gasteiger partial charge in [-0.1, -0.05) is 23.9 Å². The number of aryl methyl sites for hydroxylation is 1. The van der Waals surface area contributed by atoms with Crippen LogP contribution >= 0.6 is 23.1 Å². The van der Waals surface area contributed by atoms with Gasteiger partial charge in [-0.2, -0.15) is 0 Å². The molecule has 0 aliphatic rings. The van der Waals surface area contributed by atoms with E-state index in [1.165, 1.54) is 35.2 Å². The van der Waals surface area contributed by atoms with Crippen molar-refractivity contribution in [1.82, 2.24) is 15.2 Å². The van der Waals surface area contributed by atoms with Crippen LogP contribution in [0.3, 0.4) is 0 Å². The lowest BCUT2D eigenvalue weighted by molar-refractivity contribution is -0.113. The van der Waals surface area contributed by atoms with E-state index in [-0.39, 0.29) is 17.3 Å². The number of methoxy groups -OCH3 is 1. The van der Waals surface area contributed by atoms with E-state index in [1.54, 1.807) is 19.2 Å². The SMILES string of the molecule is COc1ccc(-c2nnc(SCC(=O)Nc3ccccc3F)c3nc(C)sc23)cc1. The maximum Gasteiger partial charge on any atom is 0.234 e. The maximum absolute atomic E-state index is 13.7. The third-order valence-corrected chi connectivity index (χ3v) is 6.18. The lowest BCUT2D eigenvalue weighted by Crippen LogP contribution is -2.15. The summed E-state index contributed by atoms with van der Waals surface area (Å²) in [7, 11) is 1.62. The zero-order valence-corrected chi connectivity index (χ0v) is 17.8. The summed E-state index contributed by atoms with van der Waals surface area (Å²) in [4.78, 5) is 16.8. The molecule has 30 heavy (non-hydrogen) atoms. The van der Waals surface area contributed by atoms with Gasteiger partial charge in [-0.15, -0.1) is 21.5 Å². The van der Waals surface area contributed by atoms with Crippen LogP contribution in [0, 0.1) is 12.7 Å². The highest BCUT2D eigenvalue weighted by Gasteiger charge is 2.17. The number of hydrogen-bond donors (Lipinski definition) is 1. The van der Waals surface area contributed by atoms with Crippen molar-refractivity contribution >= 4 is 44.9 Å². The van der Waals surface area contributed by atoms with Gasteiger partial charge in [-0.25, -0.2) is 9.37 Å². The molecule has 0 radical (unpaired) electrons. The van der Waals surface area contributed by atoms with Crippen LogP contribution in [0.15, 0.2) is 53.6 Å². The number of para-hydroxylation sites is 1. The van der Waals surface area contributed by atoms with Crippen LogP contribution in [0.5, 0.6) is 5.75 Å². The van der Waals surface area contributed by atoms with Gasteiger partial charge in [-0.3, -0.25) is 4.79 Å². The van der Waals surface area contributed by atoms with Crippen LogP contribution in [-0.4, -0.2) is 34.0 Å². The first-order chi connectivity index (χ1) is 14.5. The number of carbonyl (C=O) groups is 1. The summed E-state index contributed by atoms with van der Waals surface area (Å²) < 4.78 is 19.8. The molecule has 1 amide bonds. The number of amides is 1. The largest absolute Gasteiger partial charge is 0.497 e. The number of carbonyl (C=O) groups excluding carboxylic acids is 1. The fraction of sp³-hybridized carbons (Fsp3) is 0.143. The van der Waals surface area contributed by atoms with E-state index in [9.17, 15) is 9.18 Å². The predicted octanol–water partition coefficient (Wildman–Crippen LogP) is 4.94. The molecular weight excluding hydrogens is 423 g/mol. The highest BCUT2D eigenvalue weighted by atomic mass is 32.2. The van der Waals surface area contributed by atoms with Crippen LogP contribution in [0.1, 0.15) is 5.01 Å². The minimum absolute atomic E-state index is 0.0660.